The minimum Gasteiger partial charge on any atom is -0.269 e. The van der Waals surface area contributed by atoms with Gasteiger partial charge in [0.25, 0.3) is 5.91 Å². The van der Waals surface area contributed by atoms with E-state index in [1.165, 1.54) is 10.5 Å². The second-order valence-electron chi connectivity index (χ2n) is 5.14. The van der Waals surface area contributed by atoms with Crippen molar-refractivity contribution < 1.29 is 13.2 Å². The SMILES string of the molecule is CCCN(CCC)S(=O)(=O)NC(=O)c1cnn(C(C)C)c1. The summed E-state index contributed by atoms with van der Waals surface area (Å²) in [6.45, 7) is 8.42. The molecule has 0 spiro atoms. The van der Waals surface area contributed by atoms with Gasteiger partial charge in [-0.3, -0.25) is 9.48 Å². The number of carbonyl (C=O) groups excluding carboxylic acids is 1. The Morgan fingerprint density at radius 2 is 1.90 bits per heavy atom. The maximum Gasteiger partial charge on any atom is 0.304 e. The third kappa shape index (κ3) is 4.82. The fourth-order valence-corrected chi connectivity index (χ4v) is 3.16. The first kappa shape index (κ1) is 17.6. The number of hydrogen-bond donors (Lipinski definition) is 1. The Kier molecular flexibility index (Phi) is 6.35. The molecule has 1 N–H and O–H groups in total. The standard InChI is InChI=1S/C13H24N4O3S/c1-5-7-16(8-6-2)21(19,20)15-13(18)12-9-14-17(10-12)11(3)4/h9-11H,5-8H2,1-4H3,(H,15,18). The van der Waals surface area contributed by atoms with E-state index in [1.54, 1.807) is 10.9 Å². The fraction of sp³-hybridized carbons (Fsp3) is 0.692. The Hall–Kier alpha value is -1.41. The van der Waals surface area contributed by atoms with Crippen molar-refractivity contribution in [2.75, 3.05) is 13.1 Å². The highest BCUT2D eigenvalue weighted by Gasteiger charge is 2.24. The van der Waals surface area contributed by atoms with Crippen molar-refractivity contribution >= 4 is 16.1 Å². The molecule has 0 bridgehead atoms. The van der Waals surface area contributed by atoms with Crippen LogP contribution in [0.1, 0.15) is 56.9 Å². The molecule has 1 heterocycles. The number of hydrogen-bond acceptors (Lipinski definition) is 4. The molecule has 0 radical (unpaired) electrons. The van der Waals surface area contributed by atoms with Crippen LogP contribution in [0, 0.1) is 0 Å². The smallest absolute Gasteiger partial charge is 0.269 e. The third-order valence-electron chi connectivity index (χ3n) is 2.90. The molecule has 1 aromatic heterocycles. The molecule has 0 saturated heterocycles. The van der Waals surface area contributed by atoms with Gasteiger partial charge in [0, 0.05) is 25.3 Å². The Bertz CT molecular complexity index is 560. The van der Waals surface area contributed by atoms with Gasteiger partial charge in [0.2, 0.25) is 0 Å². The first-order chi connectivity index (χ1) is 9.81. The van der Waals surface area contributed by atoms with Crippen molar-refractivity contribution in [1.29, 1.82) is 0 Å². The Morgan fingerprint density at radius 3 is 2.33 bits per heavy atom. The highest BCUT2D eigenvalue weighted by Crippen LogP contribution is 2.07. The first-order valence-electron chi connectivity index (χ1n) is 7.18. The molecule has 0 aliphatic heterocycles. The maximum absolute atomic E-state index is 12.2. The van der Waals surface area contributed by atoms with Gasteiger partial charge in [-0.25, -0.2) is 4.72 Å². The van der Waals surface area contributed by atoms with Gasteiger partial charge < -0.3 is 0 Å². The molecule has 0 aliphatic carbocycles. The third-order valence-corrected chi connectivity index (χ3v) is 4.39. The van der Waals surface area contributed by atoms with Crippen LogP contribution in [-0.4, -0.2) is 41.5 Å². The van der Waals surface area contributed by atoms with Gasteiger partial charge >= 0.3 is 10.2 Å². The van der Waals surface area contributed by atoms with Crippen LogP contribution >= 0.6 is 0 Å². The summed E-state index contributed by atoms with van der Waals surface area (Å²) in [6.07, 6.45) is 4.30. The van der Waals surface area contributed by atoms with Crippen molar-refractivity contribution in [2.45, 2.75) is 46.6 Å². The summed E-state index contributed by atoms with van der Waals surface area (Å²) in [5, 5.41) is 4.03. The number of nitrogens with one attached hydrogen (secondary N) is 1. The van der Waals surface area contributed by atoms with Gasteiger partial charge in [0.05, 0.1) is 11.8 Å². The van der Waals surface area contributed by atoms with Crippen molar-refractivity contribution in [3.63, 3.8) is 0 Å². The molecule has 7 nitrogen and oxygen atoms in total. The average molecular weight is 316 g/mol. The van der Waals surface area contributed by atoms with Gasteiger partial charge in [-0.1, -0.05) is 13.8 Å². The minimum absolute atomic E-state index is 0.111. The van der Waals surface area contributed by atoms with Crippen molar-refractivity contribution in [3.8, 4) is 0 Å². The minimum atomic E-state index is -3.81. The number of amides is 1. The number of aromatic nitrogens is 2. The summed E-state index contributed by atoms with van der Waals surface area (Å²) in [5.74, 6) is -0.654. The van der Waals surface area contributed by atoms with E-state index in [4.69, 9.17) is 0 Å². The quantitative estimate of drug-likeness (QED) is 0.789. The zero-order chi connectivity index (χ0) is 16.0. The van der Waals surface area contributed by atoms with Gasteiger partial charge in [-0.15, -0.1) is 0 Å². The fourth-order valence-electron chi connectivity index (χ4n) is 1.83. The molecule has 0 fully saturated rings. The van der Waals surface area contributed by atoms with Crippen molar-refractivity contribution in [3.05, 3.63) is 18.0 Å². The molecule has 0 saturated carbocycles. The van der Waals surface area contributed by atoms with Gasteiger partial charge in [-0.2, -0.15) is 17.8 Å². The van der Waals surface area contributed by atoms with Gasteiger partial charge in [0.1, 0.15) is 0 Å². The van der Waals surface area contributed by atoms with Crippen LogP contribution in [0.15, 0.2) is 12.4 Å². The molecule has 21 heavy (non-hydrogen) atoms. The molecule has 0 atom stereocenters. The van der Waals surface area contributed by atoms with Crippen LogP contribution in [0.2, 0.25) is 0 Å². The molecule has 120 valence electrons. The van der Waals surface area contributed by atoms with Gasteiger partial charge in [0.15, 0.2) is 0 Å². The lowest BCUT2D eigenvalue weighted by Crippen LogP contribution is -2.44. The Labute approximate surface area is 126 Å². The van der Waals surface area contributed by atoms with Crippen LogP contribution in [0.3, 0.4) is 0 Å². The molecular formula is C13H24N4O3S. The largest absolute Gasteiger partial charge is 0.304 e. The van der Waals surface area contributed by atoms with Crippen molar-refractivity contribution in [2.24, 2.45) is 0 Å². The lowest BCUT2D eigenvalue weighted by Gasteiger charge is -2.20. The second-order valence-corrected chi connectivity index (χ2v) is 6.81. The first-order valence-corrected chi connectivity index (χ1v) is 8.62. The molecule has 1 aromatic rings. The monoisotopic (exact) mass is 316 g/mol. The molecule has 1 rings (SSSR count). The van der Waals surface area contributed by atoms with Crippen LogP contribution in [-0.2, 0) is 10.2 Å². The summed E-state index contributed by atoms with van der Waals surface area (Å²) < 4.78 is 29.4. The zero-order valence-electron chi connectivity index (χ0n) is 13.0. The Balaban J connectivity index is 2.83. The number of carbonyl (C=O) groups is 1. The molecule has 1 amide bonds. The summed E-state index contributed by atoms with van der Waals surface area (Å²) in [6, 6.07) is 0.111. The van der Waals surface area contributed by atoms with Crippen LogP contribution in [0.4, 0.5) is 0 Å². The van der Waals surface area contributed by atoms with E-state index in [2.05, 4.69) is 9.82 Å². The lowest BCUT2D eigenvalue weighted by atomic mass is 10.3. The Morgan fingerprint density at radius 1 is 1.33 bits per heavy atom. The van der Waals surface area contributed by atoms with E-state index in [0.717, 1.165) is 0 Å². The van der Waals surface area contributed by atoms with E-state index in [-0.39, 0.29) is 11.6 Å². The lowest BCUT2D eigenvalue weighted by molar-refractivity contribution is 0.0979. The highest BCUT2D eigenvalue weighted by molar-refractivity contribution is 7.87. The average Bonchev–Trinajstić information content (AvgIpc) is 2.87. The molecule has 8 heteroatoms. The van der Waals surface area contributed by atoms with E-state index in [9.17, 15) is 13.2 Å². The summed E-state index contributed by atoms with van der Waals surface area (Å²) >= 11 is 0. The van der Waals surface area contributed by atoms with Crippen LogP contribution in [0.5, 0.6) is 0 Å². The number of rotatable bonds is 8. The van der Waals surface area contributed by atoms with E-state index in [1.807, 2.05) is 27.7 Å². The molecular weight excluding hydrogens is 292 g/mol. The molecule has 0 unspecified atom stereocenters. The van der Waals surface area contributed by atoms with E-state index < -0.39 is 16.1 Å². The van der Waals surface area contributed by atoms with Crippen LogP contribution in [0.25, 0.3) is 0 Å². The van der Waals surface area contributed by atoms with Crippen LogP contribution < -0.4 is 4.72 Å². The predicted octanol–water partition coefficient (Wildman–Crippen LogP) is 1.56. The molecule has 0 aliphatic rings. The molecule has 0 aromatic carbocycles. The topological polar surface area (TPSA) is 84.3 Å². The summed E-state index contributed by atoms with van der Waals surface area (Å²) in [4.78, 5) is 12.0. The number of nitrogens with zero attached hydrogens (tertiary/aromatic N) is 3. The van der Waals surface area contributed by atoms with E-state index in [0.29, 0.717) is 25.9 Å². The maximum atomic E-state index is 12.2. The second kappa shape index (κ2) is 7.56. The van der Waals surface area contributed by atoms with Crippen molar-refractivity contribution in [1.82, 2.24) is 18.8 Å². The van der Waals surface area contributed by atoms with E-state index >= 15 is 0 Å². The normalized spacial score (nSPS) is 12.1. The zero-order valence-corrected chi connectivity index (χ0v) is 13.9. The highest BCUT2D eigenvalue weighted by atomic mass is 32.2. The van der Waals surface area contributed by atoms with Gasteiger partial charge in [-0.05, 0) is 26.7 Å². The predicted molar refractivity (Wildman–Crippen MR) is 81.2 cm³/mol. The summed E-state index contributed by atoms with van der Waals surface area (Å²) in [7, 11) is -3.81. The summed E-state index contributed by atoms with van der Waals surface area (Å²) in [5.41, 5.74) is 0.236.